The first-order chi connectivity index (χ1) is 10.1. The van der Waals surface area contributed by atoms with Crippen LogP contribution in [0.1, 0.15) is 5.56 Å². The van der Waals surface area contributed by atoms with Crippen LogP contribution >= 0.6 is 0 Å². The van der Waals surface area contributed by atoms with E-state index in [9.17, 15) is 9.18 Å². The number of halogens is 1. The highest BCUT2D eigenvalue weighted by Gasteiger charge is 2.04. The number of amides is 1. The van der Waals surface area contributed by atoms with Gasteiger partial charge < -0.3 is 15.4 Å². The van der Waals surface area contributed by atoms with Crippen molar-refractivity contribution in [2.45, 2.75) is 6.92 Å². The van der Waals surface area contributed by atoms with Gasteiger partial charge in [-0.3, -0.25) is 4.79 Å². The van der Waals surface area contributed by atoms with Crippen molar-refractivity contribution in [1.82, 2.24) is 0 Å². The summed E-state index contributed by atoms with van der Waals surface area (Å²) in [4.78, 5) is 11.8. The van der Waals surface area contributed by atoms with Crippen LogP contribution in [-0.2, 0) is 4.79 Å². The molecule has 2 aromatic rings. The first kappa shape index (κ1) is 14.8. The van der Waals surface area contributed by atoms with Crippen molar-refractivity contribution in [3.63, 3.8) is 0 Å². The standard InChI is InChI=1S/C16H17FN2O2/c1-11-6-12(17)8-14(7-11)18-10-16(20)19-13-4-3-5-15(9-13)21-2/h3-9,18H,10H2,1-2H3,(H,19,20). The average Bonchev–Trinajstić information content (AvgIpc) is 2.44. The van der Waals surface area contributed by atoms with E-state index < -0.39 is 0 Å². The minimum atomic E-state index is -0.328. The summed E-state index contributed by atoms with van der Waals surface area (Å²) in [6.45, 7) is 1.85. The molecule has 2 N–H and O–H groups in total. The Morgan fingerprint density at radius 2 is 2.00 bits per heavy atom. The van der Waals surface area contributed by atoms with E-state index in [4.69, 9.17) is 4.74 Å². The van der Waals surface area contributed by atoms with Crippen LogP contribution in [0.25, 0.3) is 0 Å². The molecular weight excluding hydrogens is 271 g/mol. The molecule has 0 heterocycles. The number of methoxy groups -OCH3 is 1. The fourth-order valence-electron chi connectivity index (χ4n) is 1.93. The van der Waals surface area contributed by atoms with Gasteiger partial charge in [-0.15, -0.1) is 0 Å². The van der Waals surface area contributed by atoms with Crippen LogP contribution in [0.4, 0.5) is 15.8 Å². The van der Waals surface area contributed by atoms with E-state index in [1.165, 1.54) is 12.1 Å². The molecule has 0 unspecified atom stereocenters. The van der Waals surface area contributed by atoms with Crippen molar-refractivity contribution < 1.29 is 13.9 Å². The van der Waals surface area contributed by atoms with Gasteiger partial charge in [-0.05, 0) is 42.8 Å². The minimum Gasteiger partial charge on any atom is -0.497 e. The Morgan fingerprint density at radius 3 is 2.71 bits per heavy atom. The molecule has 0 atom stereocenters. The van der Waals surface area contributed by atoms with Crippen LogP contribution in [0, 0.1) is 12.7 Å². The summed E-state index contributed by atoms with van der Waals surface area (Å²) in [5, 5.41) is 5.63. The lowest BCUT2D eigenvalue weighted by molar-refractivity contribution is -0.114. The second-order valence-electron chi connectivity index (χ2n) is 4.65. The first-order valence-electron chi connectivity index (χ1n) is 6.52. The SMILES string of the molecule is COc1cccc(NC(=O)CNc2cc(C)cc(F)c2)c1. The highest BCUT2D eigenvalue weighted by molar-refractivity contribution is 5.93. The van der Waals surface area contributed by atoms with Gasteiger partial charge in [-0.1, -0.05) is 6.07 Å². The van der Waals surface area contributed by atoms with Crippen molar-refractivity contribution in [1.29, 1.82) is 0 Å². The number of aryl methyl sites for hydroxylation is 1. The number of hydrogen-bond donors (Lipinski definition) is 2. The molecule has 21 heavy (non-hydrogen) atoms. The quantitative estimate of drug-likeness (QED) is 0.888. The topological polar surface area (TPSA) is 50.4 Å². The largest absolute Gasteiger partial charge is 0.497 e. The van der Waals surface area contributed by atoms with Gasteiger partial charge in [0.25, 0.3) is 0 Å². The molecule has 5 heteroatoms. The van der Waals surface area contributed by atoms with Gasteiger partial charge in [0.05, 0.1) is 13.7 Å². The molecule has 0 aliphatic rings. The molecule has 0 bridgehead atoms. The van der Waals surface area contributed by atoms with Gasteiger partial charge in [0.15, 0.2) is 0 Å². The van der Waals surface area contributed by atoms with Crippen LogP contribution in [-0.4, -0.2) is 19.6 Å². The minimum absolute atomic E-state index is 0.0557. The molecule has 0 radical (unpaired) electrons. The molecule has 110 valence electrons. The molecule has 0 fully saturated rings. The number of anilines is 2. The zero-order chi connectivity index (χ0) is 15.2. The van der Waals surface area contributed by atoms with Crippen LogP contribution < -0.4 is 15.4 Å². The van der Waals surface area contributed by atoms with Crippen molar-refractivity contribution >= 4 is 17.3 Å². The van der Waals surface area contributed by atoms with E-state index in [0.29, 0.717) is 17.1 Å². The van der Waals surface area contributed by atoms with Crippen LogP contribution in [0.3, 0.4) is 0 Å². The maximum atomic E-state index is 13.2. The summed E-state index contributed by atoms with van der Waals surface area (Å²) in [6.07, 6.45) is 0. The third-order valence-corrected chi connectivity index (χ3v) is 2.85. The second-order valence-corrected chi connectivity index (χ2v) is 4.65. The van der Waals surface area contributed by atoms with Crippen LogP contribution in [0.15, 0.2) is 42.5 Å². The van der Waals surface area contributed by atoms with E-state index in [1.54, 1.807) is 44.4 Å². The summed E-state index contributed by atoms with van der Waals surface area (Å²) in [5.74, 6) is 0.123. The molecule has 0 aromatic heterocycles. The zero-order valence-electron chi connectivity index (χ0n) is 11.9. The summed E-state index contributed by atoms with van der Waals surface area (Å²) >= 11 is 0. The lowest BCUT2D eigenvalue weighted by Crippen LogP contribution is -2.21. The molecule has 1 amide bonds. The maximum Gasteiger partial charge on any atom is 0.243 e. The first-order valence-corrected chi connectivity index (χ1v) is 6.52. The zero-order valence-corrected chi connectivity index (χ0v) is 11.9. The molecule has 0 spiro atoms. The van der Waals surface area contributed by atoms with E-state index in [1.807, 2.05) is 0 Å². The van der Waals surface area contributed by atoms with Crippen molar-refractivity contribution in [2.75, 3.05) is 24.3 Å². The lowest BCUT2D eigenvalue weighted by atomic mass is 10.2. The summed E-state index contributed by atoms with van der Waals surface area (Å²) in [6, 6.07) is 11.6. The van der Waals surface area contributed by atoms with Crippen LogP contribution in [0.2, 0.25) is 0 Å². The molecule has 4 nitrogen and oxygen atoms in total. The summed E-state index contributed by atoms with van der Waals surface area (Å²) in [5.41, 5.74) is 2.02. The lowest BCUT2D eigenvalue weighted by Gasteiger charge is -2.09. The number of benzene rings is 2. The summed E-state index contributed by atoms with van der Waals surface area (Å²) in [7, 11) is 1.56. The molecule has 2 aromatic carbocycles. The Kier molecular flexibility index (Phi) is 4.77. The van der Waals surface area contributed by atoms with E-state index in [-0.39, 0.29) is 18.3 Å². The van der Waals surface area contributed by atoms with Gasteiger partial charge in [-0.2, -0.15) is 0 Å². The Bertz CT molecular complexity index is 624. The number of ether oxygens (including phenoxy) is 1. The maximum absolute atomic E-state index is 13.2. The molecule has 0 saturated heterocycles. The van der Waals surface area contributed by atoms with Gasteiger partial charge >= 0.3 is 0 Å². The number of rotatable bonds is 5. The predicted octanol–water partition coefficient (Wildman–Crippen LogP) is 3.19. The fourth-order valence-corrected chi connectivity index (χ4v) is 1.93. The van der Waals surface area contributed by atoms with Gasteiger partial charge in [0, 0.05) is 17.4 Å². The normalized spacial score (nSPS) is 10.0. The van der Waals surface area contributed by atoms with E-state index in [2.05, 4.69) is 10.6 Å². The Hall–Kier alpha value is -2.56. The molecule has 0 aliphatic carbocycles. The molecular formula is C16H17FN2O2. The van der Waals surface area contributed by atoms with Gasteiger partial charge in [0.1, 0.15) is 11.6 Å². The number of carbonyl (C=O) groups is 1. The Balaban J connectivity index is 1.92. The number of nitrogens with one attached hydrogen (secondary N) is 2. The summed E-state index contributed by atoms with van der Waals surface area (Å²) < 4.78 is 18.3. The molecule has 0 saturated carbocycles. The van der Waals surface area contributed by atoms with E-state index in [0.717, 1.165) is 5.56 Å². The Morgan fingerprint density at radius 1 is 1.19 bits per heavy atom. The smallest absolute Gasteiger partial charge is 0.243 e. The number of hydrogen-bond acceptors (Lipinski definition) is 3. The third-order valence-electron chi connectivity index (χ3n) is 2.85. The monoisotopic (exact) mass is 288 g/mol. The highest BCUT2D eigenvalue weighted by Crippen LogP contribution is 2.17. The van der Waals surface area contributed by atoms with E-state index >= 15 is 0 Å². The van der Waals surface area contributed by atoms with Crippen molar-refractivity contribution in [3.8, 4) is 5.75 Å². The number of carbonyl (C=O) groups excluding carboxylic acids is 1. The van der Waals surface area contributed by atoms with Gasteiger partial charge in [0.2, 0.25) is 5.91 Å². The predicted molar refractivity (Wildman–Crippen MR) is 81.3 cm³/mol. The Labute approximate surface area is 122 Å². The average molecular weight is 288 g/mol. The molecule has 2 rings (SSSR count). The van der Waals surface area contributed by atoms with Crippen LogP contribution in [0.5, 0.6) is 5.75 Å². The van der Waals surface area contributed by atoms with Gasteiger partial charge in [-0.25, -0.2) is 4.39 Å². The van der Waals surface area contributed by atoms with Crippen molar-refractivity contribution in [3.05, 3.63) is 53.8 Å². The second kappa shape index (κ2) is 6.74. The molecule has 0 aliphatic heterocycles. The van der Waals surface area contributed by atoms with Crippen molar-refractivity contribution in [2.24, 2.45) is 0 Å². The fraction of sp³-hybridized carbons (Fsp3) is 0.188. The highest BCUT2D eigenvalue weighted by atomic mass is 19.1. The third kappa shape index (κ3) is 4.49.